The largest absolute Gasteiger partial charge is 1.00 e. The second kappa shape index (κ2) is 27.1. The maximum atomic E-state index is 10.3. The first-order chi connectivity index (χ1) is 10.6. The Morgan fingerprint density at radius 3 is 1.08 bits per heavy atom. The van der Waals surface area contributed by atoms with Crippen molar-refractivity contribution < 1.29 is 107 Å². The van der Waals surface area contributed by atoms with Gasteiger partial charge in [-0.15, -0.1) is 9.05 Å². The summed E-state index contributed by atoms with van der Waals surface area (Å²) in [5.41, 5.74) is 0. The van der Waals surface area contributed by atoms with Gasteiger partial charge in [-0.3, -0.25) is 0 Å². The molecule has 0 bridgehead atoms. The Balaban J connectivity index is -0.000000735. The molecule has 134 valence electrons. The summed E-state index contributed by atoms with van der Waals surface area (Å²) < 4.78 is 4.21. The summed E-state index contributed by atoms with van der Waals surface area (Å²) in [5, 5.41) is 0. The van der Waals surface area contributed by atoms with Gasteiger partial charge in [-0.1, -0.05) is 96.8 Å². The molecule has 0 spiro atoms. The van der Waals surface area contributed by atoms with Crippen LogP contribution in [0.2, 0.25) is 0 Å². The van der Waals surface area contributed by atoms with Crippen molar-refractivity contribution in [2.45, 2.75) is 103 Å². The second-order valence-electron chi connectivity index (χ2n) is 6.30. The first-order valence-electron chi connectivity index (χ1n) is 9.31. The fourth-order valence-corrected chi connectivity index (χ4v) is 3.06. The average Bonchev–Trinajstić information content (AvgIpc) is 2.45. The van der Waals surface area contributed by atoms with Gasteiger partial charge in [0, 0.05) is 6.61 Å². The predicted octanol–water partition coefficient (Wildman–Crippen LogP) is -6.60. The Hall–Kier alpha value is 3.06. The Bertz CT molecular complexity index is 232. The molecule has 0 aliphatic heterocycles. The van der Waals surface area contributed by atoms with E-state index in [0.717, 1.165) is 12.8 Å². The zero-order valence-electron chi connectivity index (χ0n) is 17.4. The fourth-order valence-electron chi connectivity index (χ4n) is 2.67. The average molecular weight is 401 g/mol. The molecule has 0 heterocycles. The Labute approximate surface area is 223 Å². The van der Waals surface area contributed by atoms with Crippen LogP contribution >= 0.6 is 0 Å². The van der Waals surface area contributed by atoms with Gasteiger partial charge in [-0.2, -0.15) is 0 Å². The first-order valence-corrected chi connectivity index (χ1v) is 10.9. The van der Waals surface area contributed by atoms with E-state index in [1.165, 1.54) is 77.0 Å². The van der Waals surface area contributed by atoms with E-state index in [4.69, 9.17) is 0 Å². The van der Waals surface area contributed by atoms with Crippen molar-refractivity contribution in [2.24, 2.45) is 0 Å². The van der Waals surface area contributed by atoms with Crippen LogP contribution in [-0.2, 0) is 4.43 Å². The van der Waals surface area contributed by atoms with Crippen molar-refractivity contribution in [3.63, 3.8) is 0 Å². The van der Waals surface area contributed by atoms with Gasteiger partial charge >= 0.3 is 88.7 Å². The molecule has 0 amide bonds. The minimum atomic E-state index is -5.01. The van der Waals surface area contributed by atoms with Gasteiger partial charge in [0.2, 0.25) is 0 Å². The van der Waals surface area contributed by atoms with Crippen molar-refractivity contribution in [3.8, 4) is 0 Å². The minimum absolute atomic E-state index is 0. The maximum Gasteiger partial charge on any atom is 1.00 e. The Kier molecular flexibility index (Phi) is 38.4. The van der Waals surface area contributed by atoms with Gasteiger partial charge in [-0.05, 0) is 6.42 Å². The van der Waals surface area contributed by atoms with E-state index in [9.17, 15) is 14.4 Å². The molecule has 0 aliphatic rings. The third kappa shape index (κ3) is 34.9. The SMILES string of the molecule is CCCCCCCCCCCCCCCCCO[Si]([O-])([O-])[O-].[Na+].[Na+].[Na+]. The first kappa shape index (κ1) is 35.5. The van der Waals surface area contributed by atoms with Gasteiger partial charge in [0.1, 0.15) is 0 Å². The van der Waals surface area contributed by atoms with E-state index in [1.807, 2.05) is 0 Å². The van der Waals surface area contributed by atoms with Crippen LogP contribution in [0.1, 0.15) is 103 Å². The van der Waals surface area contributed by atoms with E-state index in [2.05, 4.69) is 11.3 Å². The minimum Gasteiger partial charge on any atom is -0.861 e. The zero-order valence-corrected chi connectivity index (χ0v) is 24.4. The van der Waals surface area contributed by atoms with Gasteiger partial charge in [-0.25, -0.2) is 0 Å². The molecule has 4 nitrogen and oxygen atoms in total. The van der Waals surface area contributed by atoms with Crippen LogP contribution in [0, 0.1) is 0 Å². The molecule has 0 aromatic heterocycles. The molecule has 0 saturated heterocycles. The molecule has 0 aliphatic carbocycles. The quantitative estimate of drug-likeness (QED) is 0.180. The summed E-state index contributed by atoms with van der Waals surface area (Å²) in [6, 6.07) is 0. The molecule has 0 aromatic carbocycles. The van der Waals surface area contributed by atoms with Crippen molar-refractivity contribution in [1.29, 1.82) is 0 Å². The molecular weight excluding hydrogens is 365 g/mol. The summed E-state index contributed by atoms with van der Waals surface area (Å²) in [4.78, 5) is 30.8. The van der Waals surface area contributed by atoms with E-state index >= 15 is 0 Å². The molecule has 0 saturated carbocycles. The normalized spacial score (nSPS) is 10.6. The third-order valence-corrected chi connectivity index (χ3v) is 4.58. The topological polar surface area (TPSA) is 78.4 Å². The summed E-state index contributed by atoms with van der Waals surface area (Å²) in [6.07, 6.45) is 18.9. The Morgan fingerprint density at radius 2 is 0.800 bits per heavy atom. The summed E-state index contributed by atoms with van der Waals surface area (Å²) in [5.74, 6) is 0. The summed E-state index contributed by atoms with van der Waals surface area (Å²) >= 11 is 0. The number of unbranched alkanes of at least 4 members (excludes halogenated alkanes) is 14. The molecule has 0 fully saturated rings. The van der Waals surface area contributed by atoms with Crippen LogP contribution in [-0.4, -0.2) is 15.7 Å². The van der Waals surface area contributed by atoms with Crippen LogP contribution in [0.3, 0.4) is 0 Å². The zero-order chi connectivity index (χ0) is 16.5. The van der Waals surface area contributed by atoms with Crippen molar-refractivity contribution in [3.05, 3.63) is 0 Å². The number of hydrogen-bond acceptors (Lipinski definition) is 4. The van der Waals surface area contributed by atoms with Crippen LogP contribution in [0.15, 0.2) is 0 Å². The molecule has 8 heteroatoms. The van der Waals surface area contributed by atoms with Crippen LogP contribution in [0.25, 0.3) is 0 Å². The number of rotatable bonds is 17. The monoisotopic (exact) mass is 400 g/mol. The van der Waals surface area contributed by atoms with Crippen molar-refractivity contribution in [2.75, 3.05) is 6.61 Å². The van der Waals surface area contributed by atoms with Gasteiger partial charge in [0.05, 0.1) is 0 Å². The molecule has 0 radical (unpaired) electrons. The smallest absolute Gasteiger partial charge is 0.861 e. The third-order valence-electron chi connectivity index (χ3n) is 4.03. The van der Waals surface area contributed by atoms with Gasteiger partial charge < -0.3 is 18.8 Å². The van der Waals surface area contributed by atoms with Crippen molar-refractivity contribution >= 4 is 9.05 Å². The van der Waals surface area contributed by atoms with E-state index in [0.29, 0.717) is 6.42 Å². The molecule has 25 heavy (non-hydrogen) atoms. The van der Waals surface area contributed by atoms with Crippen LogP contribution in [0.5, 0.6) is 0 Å². The summed E-state index contributed by atoms with van der Waals surface area (Å²) in [6.45, 7) is 2.31. The molecule has 0 rings (SSSR count). The molecule has 0 aromatic rings. The molecular formula is C17H35Na3O4Si. The molecule has 0 N–H and O–H groups in total. The number of hydrogen-bond donors (Lipinski definition) is 0. The molecule has 0 atom stereocenters. The van der Waals surface area contributed by atoms with Crippen LogP contribution < -0.4 is 103 Å². The Morgan fingerprint density at radius 1 is 0.520 bits per heavy atom. The van der Waals surface area contributed by atoms with E-state index in [-0.39, 0.29) is 95.3 Å². The van der Waals surface area contributed by atoms with E-state index < -0.39 is 9.05 Å². The summed E-state index contributed by atoms with van der Waals surface area (Å²) in [7, 11) is -5.01. The maximum absolute atomic E-state index is 10.3. The second-order valence-corrected chi connectivity index (χ2v) is 7.59. The van der Waals surface area contributed by atoms with Gasteiger partial charge in [0.25, 0.3) is 0 Å². The standard InChI is InChI=1S/C17H35O4Si.3Na/c1-2-3-4-5-6-7-8-9-10-11-12-13-14-15-16-17-21-22(18,19)20;;;/h2-17H2,1H3;;;/q-3;3*+1. The van der Waals surface area contributed by atoms with E-state index in [1.54, 1.807) is 0 Å². The van der Waals surface area contributed by atoms with Crippen LogP contribution in [0.4, 0.5) is 0 Å². The predicted molar refractivity (Wildman–Crippen MR) is 86.6 cm³/mol. The fraction of sp³-hybridized carbons (Fsp3) is 1.00. The molecule has 0 unspecified atom stereocenters. The van der Waals surface area contributed by atoms with Gasteiger partial charge in [0.15, 0.2) is 0 Å². The van der Waals surface area contributed by atoms with Crippen molar-refractivity contribution in [1.82, 2.24) is 0 Å².